The summed E-state index contributed by atoms with van der Waals surface area (Å²) >= 11 is 0. The number of carbonyl (C=O) groups is 5. The third kappa shape index (κ3) is 13.4. The van der Waals surface area contributed by atoms with Crippen molar-refractivity contribution >= 4 is 29.4 Å². The van der Waals surface area contributed by atoms with Crippen LogP contribution in [0, 0.1) is 5.92 Å². The fourth-order valence-electron chi connectivity index (χ4n) is 6.85. The van der Waals surface area contributed by atoms with Crippen LogP contribution in [0.4, 0.5) is 0 Å². The number of epoxide rings is 1. The van der Waals surface area contributed by atoms with Crippen molar-refractivity contribution < 1.29 is 33.4 Å². The Bertz CT molecular complexity index is 1730. The number of rotatable bonds is 21. The van der Waals surface area contributed by atoms with E-state index in [0.29, 0.717) is 52.0 Å². The molecule has 0 spiro atoms. The summed E-state index contributed by atoms with van der Waals surface area (Å²) in [7, 11) is 0. The van der Waals surface area contributed by atoms with Crippen LogP contribution in [-0.4, -0.2) is 104 Å². The molecule has 3 aromatic carbocycles. The van der Waals surface area contributed by atoms with Crippen LogP contribution in [0.15, 0.2) is 91.0 Å². The standard InChI is InChI=1S/C44H57N5O7/c1-31(2)27-37(47-41(52)36(22-20-33-15-9-5-10-16-33)45-39(50)29-49-23-25-55-26-24-49)42(53)48-38(28-34-17-11-6-12-18-34)43(54)46-35(40(51)44(3)30-56-44)21-19-32-13-7-4-8-14-32/h4-18,31,35-38H,19-30H2,1-3H3,(H,45,50)(H,46,54)(H,47,52)(H,48,53)/t35-,36-,37-,38-,44+/m0/s1. The molecule has 3 aromatic rings. The number of ketones is 1. The fourth-order valence-corrected chi connectivity index (χ4v) is 6.85. The van der Waals surface area contributed by atoms with Gasteiger partial charge in [-0.25, -0.2) is 0 Å². The molecule has 12 heteroatoms. The van der Waals surface area contributed by atoms with Gasteiger partial charge in [-0.15, -0.1) is 0 Å². The molecule has 0 saturated carbocycles. The first-order chi connectivity index (χ1) is 27.0. The third-order valence-corrected chi connectivity index (χ3v) is 10.2. The highest BCUT2D eigenvalue weighted by Gasteiger charge is 2.50. The molecule has 0 aromatic heterocycles. The second kappa shape index (κ2) is 20.8. The molecule has 0 unspecified atom stereocenters. The first kappa shape index (κ1) is 42.2. The van der Waals surface area contributed by atoms with Crippen LogP contribution in [0.1, 0.15) is 56.7 Å². The molecule has 2 fully saturated rings. The average Bonchev–Trinajstić information content (AvgIpc) is 3.96. The summed E-state index contributed by atoms with van der Waals surface area (Å²) in [5, 5.41) is 11.7. The third-order valence-electron chi connectivity index (χ3n) is 10.2. The zero-order valence-corrected chi connectivity index (χ0v) is 32.8. The molecule has 5 rings (SSSR count). The number of morpholine rings is 1. The molecule has 12 nitrogen and oxygen atoms in total. The Hall–Kier alpha value is -4.91. The van der Waals surface area contributed by atoms with Crippen molar-refractivity contribution in [1.29, 1.82) is 0 Å². The first-order valence-corrected chi connectivity index (χ1v) is 19.8. The van der Waals surface area contributed by atoms with Gasteiger partial charge in [-0.2, -0.15) is 0 Å². The van der Waals surface area contributed by atoms with Crippen LogP contribution in [0.3, 0.4) is 0 Å². The van der Waals surface area contributed by atoms with Crippen molar-refractivity contribution in [3.8, 4) is 0 Å². The van der Waals surface area contributed by atoms with Crippen LogP contribution in [0.25, 0.3) is 0 Å². The van der Waals surface area contributed by atoms with Gasteiger partial charge in [0.15, 0.2) is 5.78 Å². The predicted molar refractivity (Wildman–Crippen MR) is 213 cm³/mol. The van der Waals surface area contributed by atoms with E-state index in [9.17, 15) is 24.0 Å². The number of Topliss-reactive ketones (excluding diaryl/α,β-unsaturated/α-hetero) is 1. The van der Waals surface area contributed by atoms with Crippen molar-refractivity contribution in [2.75, 3.05) is 39.5 Å². The van der Waals surface area contributed by atoms with E-state index in [4.69, 9.17) is 9.47 Å². The summed E-state index contributed by atoms with van der Waals surface area (Å²) in [5.74, 6) is -2.02. The summed E-state index contributed by atoms with van der Waals surface area (Å²) in [6, 6.07) is 24.9. The number of benzene rings is 3. The van der Waals surface area contributed by atoms with Crippen molar-refractivity contribution in [1.82, 2.24) is 26.2 Å². The van der Waals surface area contributed by atoms with Crippen molar-refractivity contribution in [2.45, 2.75) is 89.1 Å². The SMILES string of the molecule is CC(C)C[C@H](NC(=O)[C@H](CCc1ccccc1)NC(=O)CN1CCOCC1)C(=O)N[C@@H](Cc1ccccc1)C(=O)N[C@@H](CCc1ccccc1)C(=O)[C@@]1(C)CO1. The highest BCUT2D eigenvalue weighted by Crippen LogP contribution is 2.29. The number of aryl methyl sites for hydroxylation is 2. The molecular formula is C44H57N5O7. The number of amides is 4. The molecule has 0 aliphatic carbocycles. The van der Waals surface area contributed by atoms with Crippen LogP contribution < -0.4 is 21.3 Å². The van der Waals surface area contributed by atoms with E-state index < -0.39 is 47.5 Å². The summed E-state index contributed by atoms with van der Waals surface area (Å²) in [4.78, 5) is 71.3. The Kier molecular flexibility index (Phi) is 15.7. The van der Waals surface area contributed by atoms with Crippen molar-refractivity contribution in [2.24, 2.45) is 5.92 Å². The molecule has 2 heterocycles. The molecule has 4 N–H and O–H groups in total. The fraction of sp³-hybridized carbons (Fsp3) is 0.477. The second-order valence-corrected chi connectivity index (χ2v) is 15.4. The molecular weight excluding hydrogens is 711 g/mol. The predicted octanol–water partition coefficient (Wildman–Crippen LogP) is 3.17. The van der Waals surface area contributed by atoms with Crippen LogP contribution in [0.5, 0.6) is 0 Å². The van der Waals surface area contributed by atoms with E-state index >= 15 is 0 Å². The molecule has 5 atom stereocenters. The minimum Gasteiger partial charge on any atom is -0.379 e. The molecule has 0 bridgehead atoms. The molecule has 4 amide bonds. The Morgan fingerprint density at radius 3 is 1.64 bits per heavy atom. The lowest BCUT2D eigenvalue weighted by molar-refractivity contribution is -0.135. The van der Waals surface area contributed by atoms with Crippen molar-refractivity contribution in [3.63, 3.8) is 0 Å². The van der Waals surface area contributed by atoms with Crippen LogP contribution in [-0.2, 0) is 52.7 Å². The van der Waals surface area contributed by atoms with E-state index in [1.54, 1.807) is 6.92 Å². The van der Waals surface area contributed by atoms with E-state index in [-0.39, 0.29) is 43.6 Å². The van der Waals surface area contributed by atoms with Crippen molar-refractivity contribution in [3.05, 3.63) is 108 Å². The lowest BCUT2D eigenvalue weighted by Crippen LogP contribution is -2.59. The highest BCUT2D eigenvalue weighted by atomic mass is 16.6. The summed E-state index contributed by atoms with van der Waals surface area (Å²) < 4.78 is 10.9. The molecule has 2 aliphatic heterocycles. The van der Waals surface area contributed by atoms with Gasteiger partial charge in [0.2, 0.25) is 23.6 Å². The van der Waals surface area contributed by atoms with Gasteiger partial charge in [0, 0.05) is 19.5 Å². The summed E-state index contributed by atoms with van der Waals surface area (Å²) in [6.45, 7) is 8.35. The van der Waals surface area contributed by atoms with E-state index in [1.807, 2.05) is 110 Å². The number of hydrogen-bond donors (Lipinski definition) is 4. The number of carbonyl (C=O) groups excluding carboxylic acids is 5. The number of ether oxygens (including phenoxy) is 2. The summed E-state index contributed by atoms with van der Waals surface area (Å²) in [6.07, 6.45) is 2.21. The normalized spacial score (nSPS) is 18.9. The molecule has 56 heavy (non-hydrogen) atoms. The maximum Gasteiger partial charge on any atom is 0.243 e. The van der Waals surface area contributed by atoms with Crippen LogP contribution >= 0.6 is 0 Å². The van der Waals surface area contributed by atoms with Gasteiger partial charge >= 0.3 is 0 Å². The Balaban J connectivity index is 1.32. The lowest BCUT2D eigenvalue weighted by Gasteiger charge is -2.29. The van der Waals surface area contributed by atoms with Gasteiger partial charge in [0.1, 0.15) is 23.7 Å². The first-order valence-electron chi connectivity index (χ1n) is 19.8. The van der Waals surface area contributed by atoms with Gasteiger partial charge in [-0.05, 0) is 61.6 Å². The maximum absolute atomic E-state index is 14.2. The Labute approximate surface area is 330 Å². The Morgan fingerprint density at radius 1 is 0.643 bits per heavy atom. The quantitative estimate of drug-likeness (QED) is 0.121. The minimum absolute atomic E-state index is 0.00500. The van der Waals surface area contributed by atoms with Crippen LogP contribution in [0.2, 0.25) is 0 Å². The summed E-state index contributed by atoms with van der Waals surface area (Å²) in [5.41, 5.74) is 1.89. The monoisotopic (exact) mass is 767 g/mol. The minimum atomic E-state index is -1.06. The highest BCUT2D eigenvalue weighted by molar-refractivity contribution is 5.98. The van der Waals surface area contributed by atoms with E-state index in [0.717, 1.165) is 16.7 Å². The maximum atomic E-state index is 14.2. The van der Waals surface area contributed by atoms with Gasteiger partial charge in [-0.3, -0.25) is 28.9 Å². The largest absolute Gasteiger partial charge is 0.379 e. The lowest BCUT2D eigenvalue weighted by atomic mass is 9.94. The van der Waals surface area contributed by atoms with Gasteiger partial charge < -0.3 is 30.7 Å². The smallest absolute Gasteiger partial charge is 0.243 e. The molecule has 0 radical (unpaired) electrons. The zero-order valence-electron chi connectivity index (χ0n) is 32.8. The molecule has 2 aliphatic rings. The van der Waals surface area contributed by atoms with E-state index in [2.05, 4.69) is 21.3 Å². The van der Waals surface area contributed by atoms with Gasteiger partial charge in [-0.1, -0.05) is 105 Å². The second-order valence-electron chi connectivity index (χ2n) is 15.4. The van der Waals surface area contributed by atoms with Gasteiger partial charge in [0.25, 0.3) is 0 Å². The Morgan fingerprint density at radius 2 is 1.11 bits per heavy atom. The van der Waals surface area contributed by atoms with Gasteiger partial charge in [0.05, 0.1) is 32.4 Å². The average molecular weight is 768 g/mol. The molecule has 300 valence electrons. The van der Waals surface area contributed by atoms with E-state index in [1.165, 1.54) is 0 Å². The number of nitrogens with one attached hydrogen (secondary N) is 4. The number of hydrogen-bond acceptors (Lipinski definition) is 8. The molecule has 2 saturated heterocycles. The topological polar surface area (TPSA) is 158 Å². The zero-order chi connectivity index (χ0) is 39.9. The number of nitrogens with zero attached hydrogens (tertiary/aromatic N) is 1.